The minimum atomic E-state index is -1.26. The number of benzene rings is 1. The second kappa shape index (κ2) is 7.34. The number of hydrogen-bond acceptors (Lipinski definition) is 5. The molecule has 7 N–H and O–H groups in total. The van der Waals surface area contributed by atoms with Crippen LogP contribution in [0.3, 0.4) is 0 Å². The molecule has 19 heavy (non-hydrogen) atoms. The van der Waals surface area contributed by atoms with Crippen LogP contribution in [0.2, 0.25) is 0 Å². The first-order valence-electron chi connectivity index (χ1n) is 5.76. The van der Waals surface area contributed by atoms with Crippen molar-refractivity contribution < 1.29 is 15.1 Å². The van der Waals surface area contributed by atoms with E-state index in [-0.39, 0.29) is 18.3 Å². The van der Waals surface area contributed by atoms with Gasteiger partial charge < -0.3 is 27.1 Å². The number of aliphatic hydroxyl groups excluding tert-OH is 1. The summed E-state index contributed by atoms with van der Waals surface area (Å²) in [6.45, 7) is 0.321. The van der Waals surface area contributed by atoms with Gasteiger partial charge >= 0.3 is 0 Å². The van der Waals surface area contributed by atoms with Crippen LogP contribution in [0, 0.1) is 0 Å². The molecule has 104 valence electrons. The molecular formula is C12H18N4O3. The Kier molecular flexibility index (Phi) is 5.77. The molecule has 0 bridgehead atoms. The van der Waals surface area contributed by atoms with E-state index in [1.165, 1.54) is 0 Å². The minimum Gasteiger partial charge on any atom is -0.409 e. The smallest absolute Gasteiger partial charge is 0.247 e. The monoisotopic (exact) mass is 266 g/mol. The van der Waals surface area contributed by atoms with Crippen molar-refractivity contribution in [3.05, 3.63) is 35.9 Å². The minimum absolute atomic E-state index is 0.0113. The number of rotatable bonds is 7. The highest BCUT2D eigenvalue weighted by Crippen LogP contribution is 2.14. The highest BCUT2D eigenvalue weighted by Gasteiger charge is 2.17. The van der Waals surface area contributed by atoms with Gasteiger partial charge in [0.25, 0.3) is 0 Å². The summed E-state index contributed by atoms with van der Waals surface area (Å²) in [5.74, 6) is -1.11. The van der Waals surface area contributed by atoms with E-state index < -0.39 is 12.0 Å². The van der Waals surface area contributed by atoms with Gasteiger partial charge in [-0.2, -0.15) is 0 Å². The molecular weight excluding hydrogens is 248 g/mol. The maximum Gasteiger partial charge on any atom is 0.247 e. The third kappa shape index (κ3) is 4.57. The molecule has 7 heteroatoms. The van der Waals surface area contributed by atoms with E-state index in [1.54, 1.807) is 0 Å². The van der Waals surface area contributed by atoms with E-state index in [1.807, 2.05) is 30.3 Å². The standard InChI is InChI=1S/C12H18N4O3/c13-11(16-19)9(8-4-2-1-3-5-8)6-15-7-10(17)12(14)18/h1-5,9-10,15,17,19H,6-7H2,(H2,13,16)(H2,14,18). The van der Waals surface area contributed by atoms with Crippen molar-refractivity contribution in [2.24, 2.45) is 16.6 Å². The SMILES string of the molecule is NC(=O)C(O)CNCC(/C(N)=N/O)c1ccccc1. The van der Waals surface area contributed by atoms with Crippen molar-refractivity contribution in [3.63, 3.8) is 0 Å². The lowest BCUT2D eigenvalue weighted by molar-refractivity contribution is -0.125. The zero-order valence-corrected chi connectivity index (χ0v) is 10.4. The van der Waals surface area contributed by atoms with Crippen LogP contribution in [-0.2, 0) is 4.79 Å². The number of amides is 1. The van der Waals surface area contributed by atoms with Crippen LogP contribution in [0.1, 0.15) is 11.5 Å². The Morgan fingerprint density at radius 1 is 1.26 bits per heavy atom. The van der Waals surface area contributed by atoms with Crippen LogP contribution in [0.4, 0.5) is 0 Å². The van der Waals surface area contributed by atoms with E-state index in [4.69, 9.17) is 16.7 Å². The molecule has 2 atom stereocenters. The summed E-state index contributed by atoms with van der Waals surface area (Å²) < 4.78 is 0. The van der Waals surface area contributed by atoms with Crippen LogP contribution in [0.15, 0.2) is 35.5 Å². The normalized spacial score (nSPS) is 14.9. The van der Waals surface area contributed by atoms with Gasteiger partial charge in [0.15, 0.2) is 0 Å². The van der Waals surface area contributed by atoms with Crippen molar-refractivity contribution in [2.45, 2.75) is 12.0 Å². The van der Waals surface area contributed by atoms with Crippen molar-refractivity contribution in [1.29, 1.82) is 0 Å². The molecule has 2 unspecified atom stereocenters. The summed E-state index contributed by atoms with van der Waals surface area (Å²) in [6, 6.07) is 9.22. The molecule has 1 aromatic carbocycles. The van der Waals surface area contributed by atoms with E-state index in [0.717, 1.165) is 5.56 Å². The van der Waals surface area contributed by atoms with Gasteiger partial charge in [0, 0.05) is 13.1 Å². The van der Waals surface area contributed by atoms with Gasteiger partial charge in [0.1, 0.15) is 11.9 Å². The first-order valence-corrected chi connectivity index (χ1v) is 5.76. The van der Waals surface area contributed by atoms with Crippen LogP contribution in [0.5, 0.6) is 0 Å². The van der Waals surface area contributed by atoms with Gasteiger partial charge in [-0.1, -0.05) is 35.5 Å². The number of carbonyl (C=O) groups is 1. The zero-order valence-electron chi connectivity index (χ0n) is 10.4. The molecule has 0 aliphatic heterocycles. The molecule has 0 aromatic heterocycles. The van der Waals surface area contributed by atoms with Crippen LogP contribution in [0.25, 0.3) is 0 Å². The fourth-order valence-corrected chi connectivity index (χ4v) is 1.61. The number of hydrogen-bond donors (Lipinski definition) is 5. The number of nitrogens with two attached hydrogens (primary N) is 2. The lowest BCUT2D eigenvalue weighted by atomic mass is 9.98. The van der Waals surface area contributed by atoms with Crippen molar-refractivity contribution in [1.82, 2.24) is 5.32 Å². The van der Waals surface area contributed by atoms with Gasteiger partial charge in [-0.05, 0) is 5.56 Å². The van der Waals surface area contributed by atoms with E-state index in [9.17, 15) is 9.90 Å². The number of aliphatic hydroxyl groups is 1. The van der Waals surface area contributed by atoms with Crippen molar-refractivity contribution in [3.8, 4) is 0 Å². The topological polar surface area (TPSA) is 134 Å². The van der Waals surface area contributed by atoms with Gasteiger partial charge in [-0.25, -0.2) is 0 Å². The summed E-state index contributed by atoms with van der Waals surface area (Å²) in [5, 5.41) is 23.9. The molecule has 0 heterocycles. The van der Waals surface area contributed by atoms with Gasteiger partial charge in [0.2, 0.25) is 5.91 Å². The van der Waals surface area contributed by atoms with E-state index in [0.29, 0.717) is 6.54 Å². The lowest BCUT2D eigenvalue weighted by Gasteiger charge is -2.17. The van der Waals surface area contributed by atoms with E-state index >= 15 is 0 Å². The molecule has 1 rings (SSSR count). The van der Waals surface area contributed by atoms with Gasteiger partial charge in [-0.3, -0.25) is 4.79 Å². The highest BCUT2D eigenvalue weighted by atomic mass is 16.4. The van der Waals surface area contributed by atoms with E-state index in [2.05, 4.69) is 10.5 Å². The molecule has 0 aliphatic rings. The predicted octanol–water partition coefficient (Wildman–Crippen LogP) is -1.05. The zero-order chi connectivity index (χ0) is 14.3. The first-order chi connectivity index (χ1) is 9.06. The Morgan fingerprint density at radius 2 is 1.89 bits per heavy atom. The maximum atomic E-state index is 10.7. The molecule has 0 fully saturated rings. The second-order valence-electron chi connectivity index (χ2n) is 4.06. The fourth-order valence-electron chi connectivity index (χ4n) is 1.61. The van der Waals surface area contributed by atoms with Gasteiger partial charge in [0.05, 0.1) is 5.92 Å². The summed E-state index contributed by atoms with van der Waals surface area (Å²) in [5.41, 5.74) is 11.4. The summed E-state index contributed by atoms with van der Waals surface area (Å²) in [7, 11) is 0. The highest BCUT2D eigenvalue weighted by molar-refractivity contribution is 5.87. The van der Waals surface area contributed by atoms with Crippen LogP contribution >= 0.6 is 0 Å². The predicted molar refractivity (Wildman–Crippen MR) is 70.7 cm³/mol. The molecule has 7 nitrogen and oxygen atoms in total. The molecule has 0 aliphatic carbocycles. The average Bonchev–Trinajstić information content (AvgIpc) is 2.43. The Labute approximate surface area is 110 Å². The molecule has 0 spiro atoms. The second-order valence-corrected chi connectivity index (χ2v) is 4.06. The van der Waals surface area contributed by atoms with Crippen molar-refractivity contribution >= 4 is 11.7 Å². The molecule has 1 aromatic rings. The fraction of sp³-hybridized carbons (Fsp3) is 0.333. The Morgan fingerprint density at radius 3 is 2.42 bits per heavy atom. The Hall–Kier alpha value is -2.12. The Bertz CT molecular complexity index is 436. The third-order valence-electron chi connectivity index (χ3n) is 2.69. The number of carbonyl (C=O) groups excluding carboxylic acids is 1. The number of primary amides is 1. The van der Waals surface area contributed by atoms with Crippen LogP contribution < -0.4 is 16.8 Å². The van der Waals surface area contributed by atoms with Crippen molar-refractivity contribution in [2.75, 3.05) is 13.1 Å². The van der Waals surface area contributed by atoms with Gasteiger partial charge in [-0.15, -0.1) is 0 Å². The first kappa shape index (κ1) is 14.9. The number of amidine groups is 1. The average molecular weight is 266 g/mol. The molecule has 1 amide bonds. The number of nitrogens with zero attached hydrogens (tertiary/aromatic N) is 1. The lowest BCUT2D eigenvalue weighted by Crippen LogP contribution is -2.40. The quantitative estimate of drug-likeness (QED) is 0.186. The van der Waals surface area contributed by atoms with Crippen LogP contribution in [-0.4, -0.2) is 41.3 Å². The summed E-state index contributed by atoms with van der Waals surface area (Å²) in [6.07, 6.45) is -1.26. The maximum absolute atomic E-state index is 10.7. The summed E-state index contributed by atoms with van der Waals surface area (Å²) in [4.78, 5) is 10.7. The molecule has 0 saturated carbocycles. The number of oxime groups is 1. The number of nitrogens with one attached hydrogen (secondary N) is 1. The summed E-state index contributed by atoms with van der Waals surface area (Å²) >= 11 is 0. The third-order valence-corrected chi connectivity index (χ3v) is 2.69. The Balaban J connectivity index is 2.65. The molecule has 0 radical (unpaired) electrons. The largest absolute Gasteiger partial charge is 0.409 e. The molecule has 0 saturated heterocycles.